The summed E-state index contributed by atoms with van der Waals surface area (Å²) < 4.78 is 16.2. The molecule has 0 amide bonds. The third kappa shape index (κ3) is 3.18. The summed E-state index contributed by atoms with van der Waals surface area (Å²) in [6.07, 6.45) is -8.58. The molecule has 1 aliphatic carbocycles. The highest BCUT2D eigenvalue weighted by molar-refractivity contribution is 5.77. The minimum Gasteiger partial charge on any atom is -0.479 e. The fourth-order valence-electron chi connectivity index (χ4n) is 2.94. The highest BCUT2D eigenvalue weighted by atomic mass is 16.7. The van der Waals surface area contributed by atoms with E-state index < -0.39 is 36.7 Å². The molecule has 0 saturated carbocycles. The molecular formula is C18H15NO9. The van der Waals surface area contributed by atoms with Crippen molar-refractivity contribution in [1.82, 2.24) is 4.98 Å². The summed E-state index contributed by atoms with van der Waals surface area (Å²) in [6, 6.07) is 8.67. The van der Waals surface area contributed by atoms with Gasteiger partial charge in [-0.3, -0.25) is 4.79 Å². The van der Waals surface area contributed by atoms with Gasteiger partial charge in [0.15, 0.2) is 22.9 Å². The van der Waals surface area contributed by atoms with Crippen LogP contribution in [0.5, 0.6) is 5.75 Å². The minimum atomic E-state index is -1.81. The molecule has 1 aromatic rings. The Morgan fingerprint density at radius 2 is 1.82 bits per heavy atom. The molecule has 1 saturated heterocycles. The van der Waals surface area contributed by atoms with E-state index in [9.17, 15) is 24.9 Å². The number of carboxylic acids is 1. The van der Waals surface area contributed by atoms with E-state index in [0.717, 1.165) is 0 Å². The molecule has 1 aromatic carbocycles. The summed E-state index contributed by atoms with van der Waals surface area (Å²) >= 11 is 0. The molecule has 2 heterocycles. The predicted octanol–water partition coefficient (Wildman–Crippen LogP) is -0.436. The summed E-state index contributed by atoms with van der Waals surface area (Å²) in [6.45, 7) is 0. The van der Waals surface area contributed by atoms with E-state index in [1.807, 2.05) is 0 Å². The molecule has 146 valence electrons. The first-order valence-electron chi connectivity index (χ1n) is 8.27. The number of carbonyl (C=O) groups is 1. The molecule has 0 aromatic heterocycles. The highest BCUT2D eigenvalue weighted by Gasteiger charge is 2.48. The normalized spacial score (nSPS) is 27.8. The van der Waals surface area contributed by atoms with Crippen molar-refractivity contribution in [3.8, 4) is 17.2 Å². The van der Waals surface area contributed by atoms with Crippen molar-refractivity contribution < 1.29 is 39.1 Å². The Balaban J connectivity index is 1.65. The zero-order chi connectivity index (χ0) is 20.0. The van der Waals surface area contributed by atoms with Gasteiger partial charge in [-0.25, -0.2) is 9.78 Å². The maximum absolute atomic E-state index is 11.5. The van der Waals surface area contributed by atoms with Gasteiger partial charge in [-0.05, 0) is 24.3 Å². The van der Waals surface area contributed by atoms with Crippen LogP contribution in [0.4, 0.5) is 0 Å². The number of hydrogen-bond acceptors (Lipinski definition) is 9. The molecule has 4 N–H and O–H groups in total. The number of aliphatic carboxylic acids is 1. The van der Waals surface area contributed by atoms with Crippen molar-refractivity contribution in [3.63, 3.8) is 0 Å². The SMILES string of the molecule is O=C(O)[C@@H]1O[C@H](Oc2ccc3nc4ccc(=O)cc-4oc3c2)[C@@H](O)[C@H](O)[C@H]1O. The zero-order valence-corrected chi connectivity index (χ0v) is 14.1. The number of hydrogen-bond donors (Lipinski definition) is 4. The zero-order valence-electron chi connectivity index (χ0n) is 14.1. The second-order valence-electron chi connectivity index (χ2n) is 6.33. The fraction of sp³-hybridized carbons (Fsp3) is 0.278. The van der Waals surface area contributed by atoms with Gasteiger partial charge in [0.1, 0.15) is 35.3 Å². The first-order chi connectivity index (χ1) is 13.3. The summed E-state index contributed by atoms with van der Waals surface area (Å²) in [5, 5.41) is 38.7. The summed E-state index contributed by atoms with van der Waals surface area (Å²) in [4.78, 5) is 27.0. The van der Waals surface area contributed by atoms with Gasteiger partial charge in [-0.15, -0.1) is 0 Å². The summed E-state index contributed by atoms with van der Waals surface area (Å²) in [5.41, 5.74) is 1.00. The highest BCUT2D eigenvalue weighted by Crippen LogP contribution is 2.29. The van der Waals surface area contributed by atoms with Crippen LogP contribution in [0, 0.1) is 0 Å². The van der Waals surface area contributed by atoms with Crippen LogP contribution in [-0.4, -0.2) is 62.1 Å². The molecule has 10 nitrogen and oxygen atoms in total. The van der Waals surface area contributed by atoms with Crippen LogP contribution in [-0.2, 0) is 9.53 Å². The third-order valence-corrected chi connectivity index (χ3v) is 4.39. The number of carboxylic acid groups (broad SMARTS) is 1. The van der Waals surface area contributed by atoms with Crippen molar-refractivity contribution in [2.75, 3.05) is 0 Å². The van der Waals surface area contributed by atoms with Crippen molar-refractivity contribution in [2.45, 2.75) is 30.7 Å². The standard InChI is InChI=1S/C18H15NO9/c20-7-1-3-9-11(5-7)27-12-6-8(2-4-10(12)19-9)26-18-15(23)13(21)14(22)16(28-18)17(24)25/h1-6,13-16,18,21-23H,(H,24,25)/t13-,14-,15+,16-,18+/m1/s1. The quantitative estimate of drug-likeness (QED) is 0.433. The van der Waals surface area contributed by atoms with Crippen LogP contribution < -0.4 is 10.2 Å². The van der Waals surface area contributed by atoms with Gasteiger partial charge in [-0.1, -0.05) is 0 Å². The number of rotatable bonds is 3. The van der Waals surface area contributed by atoms with Gasteiger partial charge in [0, 0.05) is 12.1 Å². The van der Waals surface area contributed by atoms with E-state index in [0.29, 0.717) is 11.2 Å². The second kappa shape index (κ2) is 6.84. The summed E-state index contributed by atoms with van der Waals surface area (Å²) in [7, 11) is 0. The lowest BCUT2D eigenvalue weighted by Crippen LogP contribution is -2.61. The van der Waals surface area contributed by atoms with Crippen LogP contribution in [0.3, 0.4) is 0 Å². The maximum Gasteiger partial charge on any atom is 0.335 e. The van der Waals surface area contributed by atoms with E-state index in [-0.39, 0.29) is 22.5 Å². The fourth-order valence-corrected chi connectivity index (χ4v) is 2.94. The van der Waals surface area contributed by atoms with E-state index in [2.05, 4.69) is 4.98 Å². The summed E-state index contributed by atoms with van der Waals surface area (Å²) in [5.74, 6) is -1.10. The van der Waals surface area contributed by atoms with Gasteiger partial charge < -0.3 is 34.3 Å². The second-order valence-corrected chi connectivity index (χ2v) is 6.33. The predicted molar refractivity (Wildman–Crippen MR) is 91.8 cm³/mol. The van der Waals surface area contributed by atoms with Gasteiger partial charge in [0.2, 0.25) is 6.29 Å². The Morgan fingerprint density at radius 1 is 1.04 bits per heavy atom. The lowest BCUT2D eigenvalue weighted by molar-refractivity contribution is -0.271. The van der Waals surface area contributed by atoms with E-state index >= 15 is 0 Å². The van der Waals surface area contributed by atoms with Crippen molar-refractivity contribution in [1.29, 1.82) is 0 Å². The van der Waals surface area contributed by atoms with Crippen LogP contribution in [0.15, 0.2) is 45.6 Å². The molecule has 0 radical (unpaired) electrons. The number of ether oxygens (including phenoxy) is 2. The molecule has 5 atom stereocenters. The monoisotopic (exact) mass is 389 g/mol. The Morgan fingerprint density at radius 3 is 2.57 bits per heavy atom. The molecule has 2 aliphatic heterocycles. The number of fused-ring (bicyclic) bond motifs is 2. The lowest BCUT2D eigenvalue weighted by Gasteiger charge is -2.38. The Hall–Kier alpha value is -3.05. The molecule has 28 heavy (non-hydrogen) atoms. The molecular weight excluding hydrogens is 374 g/mol. The van der Waals surface area contributed by atoms with E-state index in [1.54, 1.807) is 6.07 Å². The van der Waals surface area contributed by atoms with Gasteiger partial charge in [0.25, 0.3) is 0 Å². The third-order valence-electron chi connectivity index (χ3n) is 4.39. The average molecular weight is 389 g/mol. The molecule has 10 heteroatoms. The van der Waals surface area contributed by atoms with Crippen LogP contribution >= 0.6 is 0 Å². The maximum atomic E-state index is 11.5. The molecule has 0 spiro atoms. The van der Waals surface area contributed by atoms with Crippen LogP contribution in [0.1, 0.15) is 0 Å². The molecule has 0 bridgehead atoms. The lowest BCUT2D eigenvalue weighted by atomic mass is 9.99. The smallest absolute Gasteiger partial charge is 0.335 e. The number of aliphatic hydroxyl groups is 3. The number of benzene rings is 2. The minimum absolute atomic E-state index is 0.132. The topological polar surface area (TPSA) is 160 Å². The first kappa shape index (κ1) is 18.3. The number of aromatic nitrogens is 1. The van der Waals surface area contributed by atoms with Crippen LogP contribution in [0.2, 0.25) is 0 Å². The molecule has 3 aliphatic rings. The van der Waals surface area contributed by atoms with Crippen molar-refractivity contribution in [2.24, 2.45) is 0 Å². The Kier molecular flexibility index (Phi) is 4.47. The van der Waals surface area contributed by atoms with Gasteiger partial charge in [0.05, 0.1) is 0 Å². The van der Waals surface area contributed by atoms with Gasteiger partial charge in [-0.2, -0.15) is 0 Å². The average Bonchev–Trinajstić information content (AvgIpc) is 2.66. The molecule has 1 fully saturated rings. The largest absolute Gasteiger partial charge is 0.479 e. The molecule has 4 rings (SSSR count). The number of nitrogens with zero attached hydrogens (tertiary/aromatic N) is 1. The van der Waals surface area contributed by atoms with E-state index in [4.69, 9.17) is 19.0 Å². The Labute approximate surface area is 156 Å². The van der Waals surface area contributed by atoms with E-state index in [1.165, 1.54) is 30.3 Å². The van der Waals surface area contributed by atoms with Crippen LogP contribution in [0.25, 0.3) is 22.6 Å². The van der Waals surface area contributed by atoms with Crippen molar-refractivity contribution >= 4 is 17.1 Å². The first-order valence-corrected chi connectivity index (χ1v) is 8.27. The van der Waals surface area contributed by atoms with Gasteiger partial charge >= 0.3 is 5.97 Å². The van der Waals surface area contributed by atoms with Crippen molar-refractivity contribution in [3.05, 3.63) is 46.6 Å². The Bertz CT molecular complexity index is 1060. The number of aliphatic hydroxyl groups excluding tert-OH is 3. The molecule has 0 unspecified atom stereocenters.